The van der Waals surface area contributed by atoms with E-state index in [4.69, 9.17) is 19.8 Å². The first-order valence-corrected chi connectivity index (χ1v) is 13.6. The molecule has 3 aromatic heterocycles. The van der Waals surface area contributed by atoms with Gasteiger partial charge >= 0.3 is 0 Å². The molecular formula is C27H31FN6O2S. The zero-order valence-electron chi connectivity index (χ0n) is 21.2. The van der Waals surface area contributed by atoms with Crippen LogP contribution in [0.4, 0.5) is 21.2 Å². The van der Waals surface area contributed by atoms with E-state index in [1.165, 1.54) is 29.9 Å². The number of nitrogens with zero attached hydrogens (tertiary/aromatic N) is 6. The van der Waals surface area contributed by atoms with E-state index in [1.807, 2.05) is 22.5 Å². The molecule has 0 atom stereocenters. The monoisotopic (exact) mass is 522 g/mol. The third-order valence-corrected chi connectivity index (χ3v) is 8.83. The van der Waals surface area contributed by atoms with Crippen molar-refractivity contribution in [2.24, 2.45) is 5.41 Å². The molecule has 2 saturated heterocycles. The Morgan fingerprint density at radius 3 is 2.62 bits per heavy atom. The molecule has 1 spiro atoms. The smallest absolute Gasteiger partial charge is 0.191 e. The summed E-state index contributed by atoms with van der Waals surface area (Å²) in [4.78, 5) is 14.8. The number of aliphatic hydroxyl groups excluding tert-OH is 1. The molecule has 0 aliphatic carbocycles. The average Bonchev–Trinajstić information content (AvgIpc) is 3.64. The van der Waals surface area contributed by atoms with E-state index < -0.39 is 0 Å². The maximum atomic E-state index is 13.5. The molecule has 10 heteroatoms. The lowest BCUT2D eigenvalue weighted by atomic mass is 9.80. The van der Waals surface area contributed by atoms with Crippen molar-refractivity contribution in [1.82, 2.24) is 19.6 Å². The molecule has 0 bridgehead atoms. The number of anilines is 3. The zero-order chi connectivity index (χ0) is 25.6. The number of thiazole rings is 1. The van der Waals surface area contributed by atoms with Crippen LogP contribution in [0.5, 0.6) is 0 Å². The van der Waals surface area contributed by atoms with Crippen molar-refractivity contribution in [3.05, 3.63) is 52.8 Å². The van der Waals surface area contributed by atoms with Gasteiger partial charge in [0.1, 0.15) is 11.6 Å². The van der Waals surface area contributed by atoms with Gasteiger partial charge in [-0.05, 0) is 67.5 Å². The Morgan fingerprint density at radius 2 is 1.89 bits per heavy atom. The number of halogens is 1. The van der Waals surface area contributed by atoms with Crippen LogP contribution in [0.15, 0.2) is 36.4 Å². The van der Waals surface area contributed by atoms with Crippen LogP contribution in [0.2, 0.25) is 0 Å². The number of fused-ring (bicyclic) bond motifs is 1. The molecule has 194 valence electrons. The highest BCUT2D eigenvalue weighted by atomic mass is 32.1. The van der Waals surface area contributed by atoms with Crippen LogP contribution in [0, 0.1) is 11.2 Å². The maximum Gasteiger partial charge on any atom is 0.191 e. The second kappa shape index (κ2) is 9.66. The molecule has 1 aromatic carbocycles. The lowest BCUT2D eigenvalue weighted by Gasteiger charge is -2.33. The molecule has 0 amide bonds. The van der Waals surface area contributed by atoms with Crippen molar-refractivity contribution >= 4 is 33.8 Å². The summed E-state index contributed by atoms with van der Waals surface area (Å²) < 4.78 is 21.0. The second-order valence-electron chi connectivity index (χ2n) is 9.97. The quantitative estimate of drug-likeness (QED) is 0.389. The molecule has 6 rings (SSSR count). The molecule has 4 aromatic rings. The summed E-state index contributed by atoms with van der Waals surface area (Å²) in [6.07, 6.45) is 4.13. The Bertz CT molecular complexity index is 1410. The van der Waals surface area contributed by atoms with Crippen molar-refractivity contribution in [2.75, 3.05) is 43.2 Å². The Hall–Kier alpha value is -3.08. The Kier molecular flexibility index (Phi) is 6.34. The van der Waals surface area contributed by atoms with E-state index >= 15 is 0 Å². The van der Waals surface area contributed by atoms with Crippen molar-refractivity contribution in [1.29, 1.82) is 0 Å². The lowest BCUT2D eigenvalue weighted by molar-refractivity contribution is 0.0254. The second-order valence-corrected chi connectivity index (χ2v) is 11.0. The van der Waals surface area contributed by atoms with Crippen LogP contribution < -0.4 is 9.80 Å². The van der Waals surface area contributed by atoms with Crippen molar-refractivity contribution < 1.29 is 14.2 Å². The summed E-state index contributed by atoms with van der Waals surface area (Å²) in [5.41, 5.74) is 3.48. The van der Waals surface area contributed by atoms with Crippen LogP contribution in [-0.2, 0) is 17.8 Å². The first kappa shape index (κ1) is 24.3. The van der Waals surface area contributed by atoms with Crippen LogP contribution in [0.25, 0.3) is 16.9 Å². The molecule has 37 heavy (non-hydrogen) atoms. The number of aromatic nitrogens is 4. The summed E-state index contributed by atoms with van der Waals surface area (Å²) in [7, 11) is 1.96. The minimum absolute atomic E-state index is 0.143. The van der Waals surface area contributed by atoms with E-state index in [0.717, 1.165) is 84.1 Å². The molecule has 1 N–H and O–H groups in total. The number of aryl methyl sites for hydroxylation is 1. The number of aliphatic hydroxyl groups is 1. The van der Waals surface area contributed by atoms with E-state index in [-0.39, 0.29) is 12.4 Å². The van der Waals surface area contributed by atoms with Crippen LogP contribution in [-0.4, -0.2) is 58.0 Å². The highest BCUT2D eigenvalue weighted by Gasteiger charge is 2.40. The first-order valence-electron chi connectivity index (χ1n) is 12.8. The molecule has 2 aliphatic heterocycles. The zero-order valence-corrected chi connectivity index (χ0v) is 22.0. The molecule has 8 nitrogen and oxygen atoms in total. The predicted octanol–water partition coefficient (Wildman–Crippen LogP) is 4.82. The Labute approximate surface area is 219 Å². The molecule has 2 fully saturated rings. The minimum Gasteiger partial charge on any atom is -0.391 e. The van der Waals surface area contributed by atoms with Gasteiger partial charge in [-0.2, -0.15) is 4.52 Å². The van der Waals surface area contributed by atoms with Gasteiger partial charge in [-0.25, -0.2) is 14.4 Å². The van der Waals surface area contributed by atoms with E-state index in [1.54, 1.807) is 12.1 Å². The topological polar surface area (TPSA) is 79.0 Å². The summed E-state index contributed by atoms with van der Waals surface area (Å²) in [6.45, 7) is 5.63. The van der Waals surface area contributed by atoms with Crippen LogP contribution in [0.3, 0.4) is 0 Å². The van der Waals surface area contributed by atoms with Crippen LogP contribution in [0.1, 0.15) is 36.8 Å². The fourth-order valence-corrected chi connectivity index (χ4v) is 6.46. The van der Waals surface area contributed by atoms with Gasteiger partial charge in [0, 0.05) is 38.9 Å². The van der Waals surface area contributed by atoms with Crippen LogP contribution >= 0.6 is 11.3 Å². The van der Waals surface area contributed by atoms with Gasteiger partial charge in [0.25, 0.3) is 0 Å². The largest absolute Gasteiger partial charge is 0.391 e. The average molecular weight is 523 g/mol. The van der Waals surface area contributed by atoms with Gasteiger partial charge in [0.2, 0.25) is 0 Å². The van der Waals surface area contributed by atoms with Gasteiger partial charge in [0.15, 0.2) is 16.6 Å². The standard InChI is InChI=1S/C27H31FN6O2S/c1-3-20-25(32(2)26-30-24(21(16-35)37-26)18-4-6-19(28)7-5-18)34-22(29-20)8-9-23(31-34)33-13-10-27(17-33)11-14-36-15-12-27/h4-9,35H,3,10-17H2,1-2H3. The summed E-state index contributed by atoms with van der Waals surface area (Å²) in [5, 5.41) is 15.8. The van der Waals surface area contributed by atoms with E-state index in [2.05, 4.69) is 17.9 Å². The molecule has 0 saturated carbocycles. The molecule has 2 aliphatic rings. The Balaban J connectivity index is 1.36. The highest BCUT2D eigenvalue weighted by molar-refractivity contribution is 7.16. The number of ether oxygens (including phenoxy) is 1. The van der Waals surface area contributed by atoms with Crippen molar-refractivity contribution in [3.63, 3.8) is 0 Å². The third kappa shape index (κ3) is 4.36. The van der Waals surface area contributed by atoms with E-state index in [9.17, 15) is 9.50 Å². The highest BCUT2D eigenvalue weighted by Crippen LogP contribution is 2.41. The molecule has 0 unspecified atom stereocenters. The first-order chi connectivity index (χ1) is 18.0. The summed E-state index contributed by atoms with van der Waals surface area (Å²) in [5.74, 6) is 1.51. The SMILES string of the molecule is CCc1nc2ccc(N3CCC4(CCOCC4)C3)nn2c1N(C)c1nc(-c2ccc(F)cc2)c(CO)s1. The van der Waals surface area contributed by atoms with Gasteiger partial charge in [-0.1, -0.05) is 18.3 Å². The van der Waals surface area contributed by atoms with E-state index in [0.29, 0.717) is 11.1 Å². The molecule has 5 heterocycles. The maximum absolute atomic E-state index is 13.5. The normalized spacial score (nSPS) is 17.2. The van der Waals surface area contributed by atoms with Gasteiger partial charge < -0.3 is 19.6 Å². The summed E-state index contributed by atoms with van der Waals surface area (Å²) >= 11 is 1.42. The number of hydrogen-bond acceptors (Lipinski definition) is 8. The predicted molar refractivity (Wildman–Crippen MR) is 143 cm³/mol. The lowest BCUT2D eigenvalue weighted by Crippen LogP contribution is -2.33. The number of benzene rings is 1. The summed E-state index contributed by atoms with van der Waals surface area (Å²) in [6, 6.07) is 10.3. The van der Waals surface area contributed by atoms with Crippen molar-refractivity contribution in [2.45, 2.75) is 39.2 Å². The fraction of sp³-hybridized carbons (Fsp3) is 0.444. The third-order valence-electron chi connectivity index (χ3n) is 7.71. The number of rotatable bonds is 6. The van der Waals surface area contributed by atoms with Gasteiger partial charge in [-0.15, -0.1) is 5.10 Å². The fourth-order valence-electron chi connectivity index (χ4n) is 5.56. The minimum atomic E-state index is -0.303. The van der Waals surface area contributed by atoms with Crippen molar-refractivity contribution in [3.8, 4) is 11.3 Å². The molecule has 0 radical (unpaired) electrons. The van der Waals surface area contributed by atoms with Gasteiger partial charge in [0.05, 0.1) is 22.9 Å². The Morgan fingerprint density at radius 1 is 1.11 bits per heavy atom. The molecular weight excluding hydrogens is 491 g/mol. The number of hydrogen-bond donors (Lipinski definition) is 1. The number of imidazole rings is 1. The van der Waals surface area contributed by atoms with Gasteiger partial charge in [-0.3, -0.25) is 0 Å².